The van der Waals surface area contributed by atoms with Gasteiger partial charge in [-0.25, -0.2) is 9.78 Å². The fourth-order valence-corrected chi connectivity index (χ4v) is 4.79. The van der Waals surface area contributed by atoms with Crippen LogP contribution in [0.1, 0.15) is 12.8 Å². The number of anilines is 1. The second-order valence-electron chi connectivity index (χ2n) is 7.26. The molecule has 0 bridgehead atoms. The van der Waals surface area contributed by atoms with Crippen molar-refractivity contribution in [2.24, 2.45) is 5.92 Å². The highest BCUT2D eigenvalue weighted by atomic mass is 32.1. The third-order valence-corrected chi connectivity index (χ3v) is 6.52. The molecule has 1 aliphatic rings. The predicted molar refractivity (Wildman–Crippen MR) is 114 cm³/mol. The lowest BCUT2D eigenvalue weighted by Gasteiger charge is -2.31. The molecule has 1 aliphatic heterocycles. The molecule has 5 rings (SSSR count). The Morgan fingerprint density at radius 3 is 2.69 bits per heavy atom. The van der Waals surface area contributed by atoms with Crippen molar-refractivity contribution < 1.29 is 14.3 Å². The van der Waals surface area contributed by atoms with Gasteiger partial charge in [-0.1, -0.05) is 12.1 Å². The second kappa shape index (κ2) is 7.00. The number of piperidine rings is 1. The number of thiazole rings is 1. The maximum Gasteiger partial charge on any atom is 0.346 e. The molecule has 0 spiro atoms. The topological polar surface area (TPSA) is 83.6 Å². The molecule has 0 aliphatic carbocycles. The third kappa shape index (κ3) is 3.27. The minimum atomic E-state index is -0.725. The van der Waals surface area contributed by atoms with Gasteiger partial charge in [0.25, 0.3) is 0 Å². The van der Waals surface area contributed by atoms with Gasteiger partial charge in [-0.15, -0.1) is 11.3 Å². The Kier molecular flexibility index (Phi) is 4.32. The van der Waals surface area contributed by atoms with Gasteiger partial charge in [-0.2, -0.15) is 0 Å². The second-order valence-corrected chi connectivity index (χ2v) is 8.29. The summed E-state index contributed by atoms with van der Waals surface area (Å²) in [6.45, 7) is 1.35. The smallest absolute Gasteiger partial charge is 0.346 e. The molecule has 2 aromatic carbocycles. The molecule has 7 heteroatoms. The molecule has 1 saturated heterocycles. The van der Waals surface area contributed by atoms with E-state index in [-0.39, 0.29) is 5.92 Å². The van der Waals surface area contributed by atoms with Crippen LogP contribution in [0, 0.1) is 5.92 Å². The van der Waals surface area contributed by atoms with Crippen LogP contribution < -0.4 is 10.5 Å². The van der Waals surface area contributed by atoms with Crippen LogP contribution in [0.25, 0.3) is 31.8 Å². The highest BCUT2D eigenvalue weighted by Crippen LogP contribution is 2.31. The van der Waals surface area contributed by atoms with Gasteiger partial charge in [0.05, 0.1) is 21.7 Å². The number of carboxylic acids is 1. The zero-order valence-electron chi connectivity index (χ0n) is 15.5. The Bertz CT molecular complexity index is 1250. The molecule has 1 fully saturated rings. The zero-order chi connectivity index (χ0) is 20.0. The van der Waals surface area contributed by atoms with Gasteiger partial charge in [-0.05, 0) is 43.2 Å². The van der Waals surface area contributed by atoms with Crippen molar-refractivity contribution in [2.45, 2.75) is 12.8 Å². The van der Waals surface area contributed by atoms with Gasteiger partial charge in [0.2, 0.25) is 0 Å². The Morgan fingerprint density at radius 2 is 1.93 bits per heavy atom. The molecule has 4 aromatic rings. The minimum Gasteiger partial charge on any atom is -0.481 e. The SMILES string of the molecule is O=C(O)C1CCN(c2ccc3cc(-c4nc5ccccc5s4)c(=O)oc3c2)CC1. The summed E-state index contributed by atoms with van der Waals surface area (Å²) in [7, 11) is 0. The molecular formula is C22H18N2O4S. The van der Waals surface area contributed by atoms with Crippen LogP contribution in [0.5, 0.6) is 0 Å². The first-order chi connectivity index (χ1) is 14.1. The molecule has 6 nitrogen and oxygen atoms in total. The molecule has 146 valence electrons. The number of fused-ring (bicyclic) bond motifs is 2. The van der Waals surface area contributed by atoms with Crippen molar-refractivity contribution >= 4 is 44.2 Å². The van der Waals surface area contributed by atoms with Crippen LogP contribution in [0.15, 0.2) is 57.7 Å². The fraction of sp³-hybridized carbons (Fsp3) is 0.227. The van der Waals surface area contributed by atoms with Gasteiger partial charge in [0, 0.05) is 30.2 Å². The van der Waals surface area contributed by atoms with Crippen molar-refractivity contribution in [1.29, 1.82) is 0 Å². The summed E-state index contributed by atoms with van der Waals surface area (Å²) in [4.78, 5) is 30.5. The summed E-state index contributed by atoms with van der Waals surface area (Å²) in [6, 6.07) is 15.4. The maximum absolute atomic E-state index is 12.6. The number of rotatable bonds is 3. The average Bonchev–Trinajstić information content (AvgIpc) is 3.17. The highest BCUT2D eigenvalue weighted by molar-refractivity contribution is 7.21. The minimum absolute atomic E-state index is 0.277. The van der Waals surface area contributed by atoms with Crippen LogP contribution in [0.4, 0.5) is 5.69 Å². The van der Waals surface area contributed by atoms with Gasteiger partial charge in [-0.3, -0.25) is 4.79 Å². The van der Waals surface area contributed by atoms with E-state index in [1.54, 1.807) is 0 Å². The van der Waals surface area contributed by atoms with E-state index in [2.05, 4.69) is 9.88 Å². The van der Waals surface area contributed by atoms with Crippen molar-refractivity contribution in [1.82, 2.24) is 4.98 Å². The molecule has 0 atom stereocenters. The van der Waals surface area contributed by atoms with E-state index in [1.165, 1.54) is 11.3 Å². The first-order valence-electron chi connectivity index (χ1n) is 9.50. The van der Waals surface area contributed by atoms with Crippen LogP contribution in [0.2, 0.25) is 0 Å². The van der Waals surface area contributed by atoms with E-state index in [9.17, 15) is 9.59 Å². The quantitative estimate of drug-likeness (QED) is 0.509. The average molecular weight is 406 g/mol. The molecule has 0 saturated carbocycles. The van der Waals surface area contributed by atoms with Crippen LogP contribution in [-0.2, 0) is 4.79 Å². The third-order valence-electron chi connectivity index (χ3n) is 5.45. The van der Waals surface area contributed by atoms with Gasteiger partial charge in [0.1, 0.15) is 10.6 Å². The normalized spacial score (nSPS) is 15.2. The van der Waals surface area contributed by atoms with Crippen LogP contribution in [-0.4, -0.2) is 29.1 Å². The Balaban J connectivity index is 1.48. The van der Waals surface area contributed by atoms with Gasteiger partial charge < -0.3 is 14.4 Å². The molecule has 0 radical (unpaired) electrons. The number of carboxylic acid groups (broad SMARTS) is 1. The summed E-state index contributed by atoms with van der Waals surface area (Å²) < 4.78 is 6.65. The van der Waals surface area contributed by atoms with E-state index in [0.717, 1.165) is 21.3 Å². The van der Waals surface area contributed by atoms with Gasteiger partial charge in [0.15, 0.2) is 0 Å². The van der Waals surface area contributed by atoms with Crippen molar-refractivity contribution in [3.05, 3.63) is 59.0 Å². The van der Waals surface area contributed by atoms with Gasteiger partial charge >= 0.3 is 11.6 Å². The largest absolute Gasteiger partial charge is 0.481 e. The predicted octanol–water partition coefficient (Wildman–Crippen LogP) is 4.37. The number of hydrogen-bond donors (Lipinski definition) is 1. The summed E-state index contributed by atoms with van der Waals surface area (Å²) in [5, 5.41) is 10.7. The lowest BCUT2D eigenvalue weighted by Crippen LogP contribution is -2.36. The Hall–Kier alpha value is -3.19. The summed E-state index contributed by atoms with van der Waals surface area (Å²) in [5.41, 5.74) is 2.40. The van der Waals surface area contributed by atoms with Crippen LogP contribution >= 0.6 is 11.3 Å². The van der Waals surface area contributed by atoms with Crippen molar-refractivity contribution in [3.8, 4) is 10.6 Å². The van der Waals surface area contributed by atoms with E-state index in [4.69, 9.17) is 9.52 Å². The Morgan fingerprint density at radius 1 is 1.14 bits per heavy atom. The van der Waals surface area contributed by atoms with E-state index in [0.29, 0.717) is 42.1 Å². The fourth-order valence-electron chi connectivity index (χ4n) is 3.82. The zero-order valence-corrected chi connectivity index (χ0v) is 16.3. The molecule has 0 unspecified atom stereocenters. The molecule has 0 amide bonds. The first-order valence-corrected chi connectivity index (χ1v) is 10.3. The number of para-hydroxylation sites is 1. The van der Waals surface area contributed by atoms with Crippen LogP contribution in [0.3, 0.4) is 0 Å². The number of aromatic nitrogens is 1. The van der Waals surface area contributed by atoms with E-state index < -0.39 is 11.6 Å². The lowest BCUT2D eigenvalue weighted by atomic mass is 9.96. The molecule has 29 heavy (non-hydrogen) atoms. The summed E-state index contributed by atoms with van der Waals surface area (Å²) >= 11 is 1.47. The lowest BCUT2D eigenvalue weighted by molar-refractivity contribution is -0.142. The highest BCUT2D eigenvalue weighted by Gasteiger charge is 2.25. The van der Waals surface area contributed by atoms with E-state index >= 15 is 0 Å². The molecule has 1 N–H and O–H groups in total. The number of carbonyl (C=O) groups is 1. The Labute approximate surface area is 170 Å². The number of benzene rings is 2. The maximum atomic E-state index is 12.6. The van der Waals surface area contributed by atoms with Crippen molar-refractivity contribution in [2.75, 3.05) is 18.0 Å². The number of hydrogen-bond acceptors (Lipinski definition) is 6. The number of nitrogens with zero attached hydrogens (tertiary/aromatic N) is 2. The molecule has 3 heterocycles. The molecule has 2 aromatic heterocycles. The standard InChI is InChI=1S/C22H18N2O4S/c25-21(26)13-7-9-24(10-8-13)15-6-5-14-11-16(22(27)28-18(14)12-15)20-23-17-3-1-2-4-19(17)29-20/h1-6,11-13H,7-10H2,(H,25,26). The summed E-state index contributed by atoms with van der Waals surface area (Å²) in [5.74, 6) is -1.00. The number of aliphatic carboxylic acids is 1. The molecular weight excluding hydrogens is 388 g/mol. The van der Waals surface area contributed by atoms with E-state index in [1.807, 2.05) is 48.5 Å². The summed E-state index contributed by atoms with van der Waals surface area (Å²) in [6.07, 6.45) is 1.24. The monoisotopic (exact) mass is 406 g/mol. The van der Waals surface area contributed by atoms with Crippen molar-refractivity contribution in [3.63, 3.8) is 0 Å². The first kappa shape index (κ1) is 17.9.